The van der Waals surface area contributed by atoms with Crippen molar-refractivity contribution in [1.82, 2.24) is 9.29 Å². The molecule has 0 saturated carbocycles. The largest absolute Gasteiger partial charge is 0.460 e. The zero-order chi connectivity index (χ0) is 22.2. The number of ether oxygens (including phenoxy) is 1. The molecule has 0 bridgehead atoms. The first kappa shape index (κ1) is 21.7. The van der Waals surface area contributed by atoms with E-state index in [4.69, 9.17) is 9.15 Å². The van der Waals surface area contributed by atoms with Crippen LogP contribution >= 0.6 is 11.3 Å². The summed E-state index contributed by atoms with van der Waals surface area (Å²) in [6.45, 7) is 6.15. The number of rotatable bonds is 5. The van der Waals surface area contributed by atoms with Gasteiger partial charge in [0.05, 0.1) is 17.1 Å². The first-order chi connectivity index (χ1) is 14.7. The van der Waals surface area contributed by atoms with Crippen molar-refractivity contribution < 1.29 is 22.4 Å². The Morgan fingerprint density at radius 2 is 1.81 bits per heavy atom. The zero-order valence-corrected chi connectivity index (χ0v) is 19.0. The molecule has 1 saturated heterocycles. The zero-order valence-electron chi connectivity index (χ0n) is 17.4. The van der Waals surface area contributed by atoms with Gasteiger partial charge in [0.15, 0.2) is 10.9 Å². The molecule has 4 rings (SSSR count). The second-order valence-electron chi connectivity index (χ2n) is 7.51. The SMILES string of the molecule is Cc1ccc(-c2csc(NC(=O)c3ccc(S(=O)(=O)N4C[C@H](C)O[C@@H](C)C4)cc3)n2)o1. The van der Waals surface area contributed by atoms with Crippen LogP contribution < -0.4 is 5.32 Å². The number of nitrogens with one attached hydrogen (secondary N) is 1. The van der Waals surface area contributed by atoms with E-state index in [1.54, 1.807) is 5.38 Å². The lowest BCUT2D eigenvalue weighted by Gasteiger charge is -2.34. The van der Waals surface area contributed by atoms with Gasteiger partial charge in [-0.05, 0) is 57.2 Å². The lowest BCUT2D eigenvalue weighted by atomic mass is 10.2. The van der Waals surface area contributed by atoms with Crippen molar-refractivity contribution in [1.29, 1.82) is 0 Å². The van der Waals surface area contributed by atoms with E-state index in [9.17, 15) is 13.2 Å². The fourth-order valence-electron chi connectivity index (χ4n) is 3.44. The van der Waals surface area contributed by atoms with Crippen molar-refractivity contribution in [2.24, 2.45) is 0 Å². The predicted molar refractivity (Wildman–Crippen MR) is 118 cm³/mol. The minimum absolute atomic E-state index is 0.148. The molecule has 1 amide bonds. The average molecular weight is 462 g/mol. The highest BCUT2D eigenvalue weighted by molar-refractivity contribution is 7.89. The van der Waals surface area contributed by atoms with Crippen molar-refractivity contribution in [2.75, 3.05) is 18.4 Å². The highest BCUT2D eigenvalue weighted by Crippen LogP contribution is 2.27. The summed E-state index contributed by atoms with van der Waals surface area (Å²) in [6, 6.07) is 9.58. The summed E-state index contributed by atoms with van der Waals surface area (Å²) in [4.78, 5) is 17.1. The summed E-state index contributed by atoms with van der Waals surface area (Å²) in [5, 5.41) is 4.97. The van der Waals surface area contributed by atoms with Gasteiger partial charge in [0.2, 0.25) is 10.0 Å². The first-order valence-corrected chi connectivity index (χ1v) is 12.1. The fraction of sp³-hybridized carbons (Fsp3) is 0.333. The Kier molecular flexibility index (Phi) is 5.98. The number of anilines is 1. The normalized spacial score (nSPS) is 20.0. The van der Waals surface area contributed by atoms with Gasteiger partial charge in [-0.15, -0.1) is 11.3 Å². The van der Waals surface area contributed by atoms with Gasteiger partial charge in [0, 0.05) is 24.0 Å². The molecule has 2 atom stereocenters. The van der Waals surface area contributed by atoms with Gasteiger partial charge >= 0.3 is 0 Å². The Hall–Kier alpha value is -2.53. The Balaban J connectivity index is 1.45. The summed E-state index contributed by atoms with van der Waals surface area (Å²) >= 11 is 1.29. The van der Waals surface area contributed by atoms with Gasteiger partial charge in [-0.1, -0.05) is 0 Å². The molecular formula is C21H23N3O5S2. The summed E-state index contributed by atoms with van der Waals surface area (Å²) in [5.74, 6) is 1.05. The van der Waals surface area contributed by atoms with Crippen molar-refractivity contribution in [3.63, 3.8) is 0 Å². The molecule has 0 aliphatic carbocycles. The molecule has 31 heavy (non-hydrogen) atoms. The molecule has 0 spiro atoms. The second-order valence-corrected chi connectivity index (χ2v) is 10.3. The third kappa shape index (κ3) is 4.72. The monoisotopic (exact) mass is 461 g/mol. The van der Waals surface area contributed by atoms with Gasteiger partial charge in [-0.3, -0.25) is 10.1 Å². The van der Waals surface area contributed by atoms with E-state index in [0.717, 1.165) is 5.76 Å². The Labute approximate surface area is 184 Å². The van der Waals surface area contributed by atoms with E-state index in [1.165, 1.54) is 39.9 Å². The van der Waals surface area contributed by atoms with E-state index in [1.807, 2.05) is 32.9 Å². The van der Waals surface area contributed by atoms with Gasteiger partial charge in [-0.25, -0.2) is 13.4 Å². The number of hydrogen-bond donors (Lipinski definition) is 1. The highest BCUT2D eigenvalue weighted by atomic mass is 32.2. The number of carbonyl (C=O) groups is 1. The first-order valence-electron chi connectivity index (χ1n) is 9.82. The van der Waals surface area contributed by atoms with E-state index in [-0.39, 0.29) is 23.0 Å². The molecule has 8 nitrogen and oxygen atoms in total. The minimum Gasteiger partial charge on any atom is -0.460 e. The number of nitrogens with zero attached hydrogens (tertiary/aromatic N) is 2. The molecule has 1 N–H and O–H groups in total. The number of morpholine rings is 1. The van der Waals surface area contributed by atoms with Crippen LogP contribution in [0.4, 0.5) is 5.13 Å². The van der Waals surface area contributed by atoms with Crippen LogP contribution in [-0.4, -0.2) is 48.9 Å². The molecule has 1 fully saturated rings. The van der Waals surface area contributed by atoms with Crippen molar-refractivity contribution in [2.45, 2.75) is 37.9 Å². The number of furan rings is 1. The number of carbonyl (C=O) groups excluding carboxylic acids is 1. The van der Waals surface area contributed by atoms with Crippen LogP contribution in [0.2, 0.25) is 0 Å². The van der Waals surface area contributed by atoms with E-state index in [2.05, 4.69) is 10.3 Å². The topological polar surface area (TPSA) is 102 Å². The quantitative estimate of drug-likeness (QED) is 0.621. The summed E-state index contributed by atoms with van der Waals surface area (Å²) in [5.41, 5.74) is 0.983. The van der Waals surface area contributed by atoms with Crippen LogP contribution in [0.15, 0.2) is 51.1 Å². The average Bonchev–Trinajstić information content (AvgIpc) is 3.36. The molecule has 1 aliphatic rings. The molecule has 10 heteroatoms. The third-order valence-electron chi connectivity index (χ3n) is 4.86. The van der Waals surface area contributed by atoms with Crippen molar-refractivity contribution in [3.05, 3.63) is 53.1 Å². The minimum atomic E-state index is -3.65. The molecule has 0 radical (unpaired) electrons. The molecule has 1 aliphatic heterocycles. The standard InChI is InChI=1S/C21H23N3O5S2/c1-13-4-9-19(29-13)18-12-30-21(22-18)23-20(25)16-5-7-17(8-6-16)31(26,27)24-10-14(2)28-15(3)11-24/h4-9,12,14-15H,10-11H2,1-3H3,(H,22,23,25)/t14-,15-/m0/s1. The lowest BCUT2D eigenvalue weighted by molar-refractivity contribution is -0.0440. The molecule has 3 aromatic rings. The van der Waals surface area contributed by atoms with Crippen molar-refractivity contribution in [3.8, 4) is 11.5 Å². The highest BCUT2D eigenvalue weighted by Gasteiger charge is 2.32. The number of amides is 1. The number of aromatic nitrogens is 1. The van der Waals surface area contributed by atoms with Crippen LogP contribution in [0.3, 0.4) is 0 Å². The molecule has 2 aromatic heterocycles. The number of sulfonamides is 1. The van der Waals surface area contributed by atoms with Gasteiger partial charge in [0.25, 0.3) is 5.91 Å². The third-order valence-corrected chi connectivity index (χ3v) is 7.46. The number of aryl methyl sites for hydroxylation is 1. The Morgan fingerprint density at radius 1 is 1.13 bits per heavy atom. The fourth-order valence-corrected chi connectivity index (χ4v) is 5.73. The number of hydrogen-bond acceptors (Lipinski definition) is 7. The molecule has 164 valence electrons. The smallest absolute Gasteiger partial charge is 0.257 e. The van der Waals surface area contributed by atoms with Gasteiger partial charge in [-0.2, -0.15) is 4.31 Å². The summed E-state index contributed by atoms with van der Waals surface area (Å²) in [6.07, 6.45) is -0.339. The van der Waals surface area contributed by atoms with Crippen LogP contribution in [0.25, 0.3) is 11.5 Å². The van der Waals surface area contributed by atoms with Crippen LogP contribution in [0, 0.1) is 6.92 Å². The number of thiazole rings is 1. The van der Waals surface area contributed by atoms with Crippen LogP contribution in [0.1, 0.15) is 30.0 Å². The van der Waals surface area contributed by atoms with Crippen LogP contribution in [-0.2, 0) is 14.8 Å². The van der Waals surface area contributed by atoms with E-state index < -0.39 is 10.0 Å². The molecule has 1 aromatic carbocycles. The summed E-state index contributed by atoms with van der Waals surface area (Å²) < 4.78 is 38.5. The van der Waals surface area contributed by atoms with E-state index in [0.29, 0.717) is 35.2 Å². The number of benzene rings is 1. The van der Waals surface area contributed by atoms with Gasteiger partial charge < -0.3 is 9.15 Å². The molecule has 3 heterocycles. The maximum absolute atomic E-state index is 12.9. The van der Waals surface area contributed by atoms with Crippen LogP contribution in [0.5, 0.6) is 0 Å². The Bertz CT molecular complexity index is 1170. The van der Waals surface area contributed by atoms with Crippen molar-refractivity contribution >= 4 is 32.4 Å². The van der Waals surface area contributed by atoms with Gasteiger partial charge in [0.1, 0.15) is 11.5 Å². The maximum Gasteiger partial charge on any atom is 0.257 e. The predicted octanol–water partition coefficient (Wildman–Crippen LogP) is 3.76. The summed E-state index contributed by atoms with van der Waals surface area (Å²) in [7, 11) is -3.65. The second kappa shape index (κ2) is 8.54. The Morgan fingerprint density at radius 3 is 2.42 bits per heavy atom. The lowest BCUT2D eigenvalue weighted by Crippen LogP contribution is -2.48. The van der Waals surface area contributed by atoms with E-state index >= 15 is 0 Å². The maximum atomic E-state index is 12.9. The molecular weight excluding hydrogens is 438 g/mol. The molecule has 0 unspecified atom stereocenters.